The lowest BCUT2D eigenvalue weighted by molar-refractivity contribution is 0.788. The van der Waals surface area contributed by atoms with Crippen molar-refractivity contribution in [1.82, 2.24) is 14.8 Å². The van der Waals surface area contributed by atoms with Gasteiger partial charge in [0, 0.05) is 13.2 Å². The highest BCUT2D eigenvalue weighted by Crippen LogP contribution is 2.21. The summed E-state index contributed by atoms with van der Waals surface area (Å²) in [5.41, 5.74) is 0.798. The van der Waals surface area contributed by atoms with E-state index >= 15 is 0 Å². The Morgan fingerprint density at radius 1 is 1.62 bits per heavy atom. The first kappa shape index (κ1) is 8.04. The summed E-state index contributed by atoms with van der Waals surface area (Å²) in [6, 6.07) is 3.74. The Morgan fingerprint density at radius 3 is 3.23 bits per heavy atom. The van der Waals surface area contributed by atoms with Gasteiger partial charge in [0.2, 0.25) is 0 Å². The Labute approximate surface area is 79.9 Å². The van der Waals surface area contributed by atoms with Crippen LogP contribution in [0.15, 0.2) is 23.3 Å². The monoisotopic (exact) mass is 190 g/mol. The summed E-state index contributed by atoms with van der Waals surface area (Å²) in [6.45, 7) is 0. The van der Waals surface area contributed by atoms with E-state index in [-0.39, 0.29) is 0 Å². The summed E-state index contributed by atoms with van der Waals surface area (Å²) in [6.07, 6.45) is 1.72. The Hall–Kier alpha value is -1.58. The zero-order chi connectivity index (χ0) is 9.26. The maximum atomic E-state index is 4.52. The average Bonchev–Trinajstić information content (AvgIpc) is 2.46. The van der Waals surface area contributed by atoms with Gasteiger partial charge in [-0.25, -0.2) is 9.67 Å². The zero-order valence-electron chi connectivity index (χ0n) is 6.93. The lowest BCUT2D eigenvalue weighted by Crippen LogP contribution is -1.90. The molecule has 0 amide bonds. The van der Waals surface area contributed by atoms with Gasteiger partial charge in [-0.2, -0.15) is 4.99 Å². The number of hydrogen-bond donors (Lipinski definition) is 0. The Balaban J connectivity index is 2.85. The molecule has 0 bridgehead atoms. The van der Waals surface area contributed by atoms with E-state index in [9.17, 15) is 0 Å². The molecule has 0 aliphatic heterocycles. The van der Waals surface area contributed by atoms with Crippen molar-refractivity contribution >= 4 is 34.2 Å². The lowest BCUT2D eigenvalue weighted by Gasteiger charge is -1.88. The molecule has 64 valence electrons. The number of nitrogens with zero attached hydrogens (tertiary/aromatic N) is 4. The molecule has 0 aliphatic rings. The van der Waals surface area contributed by atoms with Crippen molar-refractivity contribution < 1.29 is 0 Å². The predicted molar refractivity (Wildman–Crippen MR) is 53.2 cm³/mol. The number of thiocarbonyl (C=S) groups is 1. The molecule has 2 aromatic heterocycles. The van der Waals surface area contributed by atoms with Gasteiger partial charge < -0.3 is 0 Å². The number of hydrogen-bond acceptors (Lipinski definition) is 4. The predicted octanol–water partition coefficient (Wildman–Crippen LogP) is 1.70. The molecule has 0 N–H and O–H groups in total. The Kier molecular flexibility index (Phi) is 1.88. The first-order valence-electron chi connectivity index (χ1n) is 3.68. The SMILES string of the molecule is Cn1nc(N=C=S)c2cccnc21. The normalized spacial score (nSPS) is 9.92. The third-order valence-electron chi connectivity index (χ3n) is 1.73. The van der Waals surface area contributed by atoms with E-state index in [0.717, 1.165) is 11.0 Å². The molecule has 0 spiro atoms. The molecule has 0 atom stereocenters. The highest BCUT2D eigenvalue weighted by atomic mass is 32.1. The summed E-state index contributed by atoms with van der Waals surface area (Å²) in [7, 11) is 1.82. The molecule has 0 aromatic carbocycles. The Morgan fingerprint density at radius 2 is 2.46 bits per heavy atom. The van der Waals surface area contributed by atoms with Crippen molar-refractivity contribution in [3.63, 3.8) is 0 Å². The fourth-order valence-electron chi connectivity index (χ4n) is 1.20. The molecule has 0 saturated carbocycles. The highest BCUT2D eigenvalue weighted by Gasteiger charge is 2.06. The second kappa shape index (κ2) is 3.05. The number of aliphatic imine (C=N–C) groups is 1. The van der Waals surface area contributed by atoms with Gasteiger partial charge in [0.1, 0.15) is 0 Å². The van der Waals surface area contributed by atoms with Crippen LogP contribution in [0, 0.1) is 0 Å². The summed E-state index contributed by atoms with van der Waals surface area (Å²) >= 11 is 4.52. The smallest absolute Gasteiger partial charge is 0.193 e. The molecule has 2 rings (SSSR count). The molecule has 0 saturated heterocycles. The quantitative estimate of drug-likeness (QED) is 0.507. The van der Waals surface area contributed by atoms with Gasteiger partial charge in [-0.3, -0.25) is 0 Å². The molecule has 5 heteroatoms. The molecular formula is C8H6N4S. The lowest BCUT2D eigenvalue weighted by atomic mass is 10.3. The van der Waals surface area contributed by atoms with Gasteiger partial charge >= 0.3 is 0 Å². The molecule has 13 heavy (non-hydrogen) atoms. The van der Waals surface area contributed by atoms with Crippen LogP contribution in [0.5, 0.6) is 0 Å². The third-order valence-corrected chi connectivity index (χ3v) is 1.82. The molecule has 0 unspecified atom stereocenters. The van der Waals surface area contributed by atoms with E-state index in [1.807, 2.05) is 19.2 Å². The molecule has 4 nitrogen and oxygen atoms in total. The number of fused-ring (bicyclic) bond motifs is 1. The van der Waals surface area contributed by atoms with E-state index < -0.39 is 0 Å². The van der Waals surface area contributed by atoms with Gasteiger partial charge in [-0.1, -0.05) is 0 Å². The van der Waals surface area contributed by atoms with Gasteiger partial charge in [-0.05, 0) is 24.4 Å². The second-order valence-electron chi connectivity index (χ2n) is 2.52. The molecule has 0 fully saturated rings. The fourth-order valence-corrected chi connectivity index (χ4v) is 1.28. The average molecular weight is 190 g/mol. The topological polar surface area (TPSA) is 43.1 Å². The molecular weight excluding hydrogens is 184 g/mol. The van der Waals surface area contributed by atoms with Gasteiger partial charge in [0.05, 0.1) is 10.5 Å². The van der Waals surface area contributed by atoms with Gasteiger partial charge in [0.15, 0.2) is 11.5 Å². The summed E-state index contributed by atoms with van der Waals surface area (Å²) in [4.78, 5) is 8.01. The van der Waals surface area contributed by atoms with Gasteiger partial charge in [-0.15, -0.1) is 5.10 Å². The van der Waals surface area contributed by atoms with Crippen molar-refractivity contribution in [3.8, 4) is 0 Å². The second-order valence-corrected chi connectivity index (χ2v) is 2.71. The molecule has 0 radical (unpaired) electrons. The van der Waals surface area contributed by atoms with E-state index in [0.29, 0.717) is 5.82 Å². The number of pyridine rings is 1. The van der Waals surface area contributed by atoms with Crippen LogP contribution in [0.25, 0.3) is 11.0 Å². The maximum absolute atomic E-state index is 4.52. The zero-order valence-corrected chi connectivity index (χ0v) is 7.75. The summed E-state index contributed by atoms with van der Waals surface area (Å²) in [5, 5.41) is 7.32. The van der Waals surface area contributed by atoms with Crippen molar-refractivity contribution in [2.24, 2.45) is 12.0 Å². The van der Waals surface area contributed by atoms with E-state index in [1.54, 1.807) is 10.9 Å². The van der Waals surface area contributed by atoms with Crippen LogP contribution in [-0.4, -0.2) is 19.9 Å². The van der Waals surface area contributed by atoms with Crippen LogP contribution in [0.2, 0.25) is 0 Å². The van der Waals surface area contributed by atoms with Crippen LogP contribution in [0.4, 0.5) is 5.82 Å². The number of isothiocyanates is 1. The third kappa shape index (κ3) is 1.24. The standard InChI is InChI=1S/C8H6N4S/c1-12-8-6(3-2-4-9-8)7(11-12)10-5-13/h2-4H,1H3. The van der Waals surface area contributed by atoms with Crippen LogP contribution < -0.4 is 0 Å². The summed E-state index contributed by atoms with van der Waals surface area (Å²) < 4.78 is 1.67. The number of aromatic nitrogens is 3. The minimum Gasteiger partial charge on any atom is -0.248 e. The van der Waals surface area contributed by atoms with Crippen LogP contribution >= 0.6 is 12.2 Å². The highest BCUT2D eigenvalue weighted by molar-refractivity contribution is 7.78. The van der Waals surface area contributed by atoms with Crippen LogP contribution in [0.1, 0.15) is 0 Å². The van der Waals surface area contributed by atoms with Crippen molar-refractivity contribution in [2.75, 3.05) is 0 Å². The largest absolute Gasteiger partial charge is 0.248 e. The van der Waals surface area contributed by atoms with Crippen LogP contribution in [0.3, 0.4) is 0 Å². The van der Waals surface area contributed by atoms with Crippen molar-refractivity contribution in [2.45, 2.75) is 0 Å². The van der Waals surface area contributed by atoms with E-state index in [4.69, 9.17) is 0 Å². The van der Waals surface area contributed by atoms with E-state index in [2.05, 4.69) is 32.5 Å². The number of rotatable bonds is 1. The first-order valence-corrected chi connectivity index (χ1v) is 4.09. The summed E-state index contributed by atoms with van der Waals surface area (Å²) in [5.74, 6) is 0.570. The minimum absolute atomic E-state index is 0.570. The minimum atomic E-state index is 0.570. The Bertz CT molecular complexity index is 496. The number of aryl methyl sites for hydroxylation is 1. The first-order chi connectivity index (χ1) is 6.33. The van der Waals surface area contributed by atoms with E-state index in [1.165, 1.54) is 0 Å². The molecule has 0 aliphatic carbocycles. The van der Waals surface area contributed by atoms with Gasteiger partial charge in [0.25, 0.3) is 0 Å². The molecule has 2 heterocycles. The molecule has 2 aromatic rings. The van der Waals surface area contributed by atoms with Crippen LogP contribution in [-0.2, 0) is 7.05 Å². The fraction of sp³-hybridized carbons (Fsp3) is 0.125. The van der Waals surface area contributed by atoms with Crippen molar-refractivity contribution in [3.05, 3.63) is 18.3 Å². The van der Waals surface area contributed by atoms with Crippen molar-refractivity contribution in [1.29, 1.82) is 0 Å². The maximum Gasteiger partial charge on any atom is 0.193 e.